The van der Waals surface area contributed by atoms with Crippen LogP contribution in [0.25, 0.3) is 0 Å². The summed E-state index contributed by atoms with van der Waals surface area (Å²) in [4.78, 5) is 14.2. The molecule has 1 saturated heterocycles. The lowest BCUT2D eigenvalue weighted by atomic mass is 10.2. The molecule has 3 rings (SSSR count). The summed E-state index contributed by atoms with van der Waals surface area (Å²) < 4.78 is 67.1. The van der Waals surface area contributed by atoms with Crippen molar-refractivity contribution >= 4 is 26.0 Å². The molecule has 1 aliphatic rings. The smallest absolute Gasteiger partial charge is 0.243 e. The van der Waals surface area contributed by atoms with Crippen LogP contribution >= 0.6 is 0 Å². The van der Waals surface area contributed by atoms with Gasteiger partial charge in [-0.25, -0.2) is 25.9 Å². The number of amides is 1. The maximum atomic E-state index is 13.1. The first-order valence-corrected chi connectivity index (χ1v) is 13.0. The first-order valence-electron chi connectivity index (χ1n) is 10.1. The normalized spacial score (nSPS) is 15.7. The Morgan fingerprint density at radius 2 is 1.59 bits per heavy atom. The zero-order chi connectivity index (χ0) is 23.5. The van der Waals surface area contributed by atoms with Crippen molar-refractivity contribution in [3.05, 3.63) is 59.4 Å². The number of piperazine rings is 1. The Morgan fingerprint density at radius 3 is 2.19 bits per heavy atom. The Balaban J connectivity index is 1.52. The van der Waals surface area contributed by atoms with E-state index in [1.54, 1.807) is 19.1 Å². The van der Waals surface area contributed by atoms with Gasteiger partial charge in [0.25, 0.3) is 0 Å². The molecule has 1 heterocycles. The Labute approximate surface area is 188 Å². The van der Waals surface area contributed by atoms with Gasteiger partial charge in [0.05, 0.1) is 9.79 Å². The quantitative estimate of drug-likeness (QED) is 0.645. The summed E-state index contributed by atoms with van der Waals surface area (Å²) in [7, 11) is -7.50. The van der Waals surface area contributed by atoms with Crippen LogP contribution in [0.4, 0.5) is 4.39 Å². The molecule has 1 amide bonds. The molecule has 1 N–H and O–H groups in total. The number of halogens is 1. The van der Waals surface area contributed by atoms with E-state index in [4.69, 9.17) is 0 Å². The second-order valence-corrected chi connectivity index (χ2v) is 11.3. The van der Waals surface area contributed by atoms with Gasteiger partial charge in [-0.05, 0) is 49.7 Å². The molecule has 8 nitrogen and oxygen atoms in total. The standard InChI is InChI=1S/C21H26FN3O5S2/c1-16-3-8-20(17(2)15-16)31(27,28)23-10-9-21(26)24-11-13-25(14-12-24)32(29,30)19-6-4-18(22)5-7-19/h3-8,15,23H,9-14H2,1-2H3. The maximum Gasteiger partial charge on any atom is 0.243 e. The number of carbonyl (C=O) groups excluding carboxylic acids is 1. The third kappa shape index (κ3) is 5.52. The average molecular weight is 484 g/mol. The van der Waals surface area contributed by atoms with E-state index < -0.39 is 25.9 Å². The van der Waals surface area contributed by atoms with Crippen molar-refractivity contribution < 1.29 is 26.0 Å². The van der Waals surface area contributed by atoms with Crippen LogP contribution in [0.2, 0.25) is 0 Å². The Kier molecular flexibility index (Phi) is 7.33. The van der Waals surface area contributed by atoms with Crippen LogP contribution in [-0.4, -0.2) is 64.7 Å². The molecule has 0 aliphatic carbocycles. The predicted molar refractivity (Wildman–Crippen MR) is 117 cm³/mol. The van der Waals surface area contributed by atoms with Crippen LogP contribution < -0.4 is 4.72 Å². The number of rotatable bonds is 7. The summed E-state index contributed by atoms with van der Waals surface area (Å²) in [5.74, 6) is -0.778. The Bertz CT molecular complexity index is 1190. The van der Waals surface area contributed by atoms with Gasteiger partial charge in [0, 0.05) is 39.1 Å². The second kappa shape index (κ2) is 9.65. The van der Waals surface area contributed by atoms with E-state index in [9.17, 15) is 26.0 Å². The molecule has 0 saturated carbocycles. The molecule has 1 aliphatic heterocycles. The number of hydrogen-bond acceptors (Lipinski definition) is 5. The molecule has 2 aromatic carbocycles. The van der Waals surface area contributed by atoms with E-state index in [2.05, 4.69) is 4.72 Å². The number of carbonyl (C=O) groups is 1. The van der Waals surface area contributed by atoms with Crippen molar-refractivity contribution in [3.63, 3.8) is 0 Å². The number of nitrogens with zero attached hydrogens (tertiary/aromatic N) is 2. The highest BCUT2D eigenvalue weighted by Gasteiger charge is 2.30. The predicted octanol–water partition coefficient (Wildman–Crippen LogP) is 1.64. The minimum Gasteiger partial charge on any atom is -0.340 e. The molecule has 32 heavy (non-hydrogen) atoms. The number of aryl methyl sites for hydroxylation is 2. The van der Waals surface area contributed by atoms with Gasteiger partial charge in [0.2, 0.25) is 26.0 Å². The fourth-order valence-corrected chi connectivity index (χ4v) is 6.24. The molecule has 0 unspecified atom stereocenters. The molecular formula is C21H26FN3O5S2. The third-order valence-electron chi connectivity index (χ3n) is 5.29. The number of benzene rings is 2. The number of sulfonamides is 2. The van der Waals surface area contributed by atoms with E-state index in [1.807, 2.05) is 6.92 Å². The molecule has 0 bridgehead atoms. The maximum absolute atomic E-state index is 13.1. The van der Waals surface area contributed by atoms with Gasteiger partial charge in [-0.15, -0.1) is 0 Å². The molecule has 0 spiro atoms. The van der Waals surface area contributed by atoms with Crippen molar-refractivity contribution in [1.29, 1.82) is 0 Å². The van der Waals surface area contributed by atoms with E-state index in [1.165, 1.54) is 27.4 Å². The lowest BCUT2D eigenvalue weighted by molar-refractivity contribution is -0.132. The van der Waals surface area contributed by atoms with Crippen LogP contribution in [0.5, 0.6) is 0 Å². The second-order valence-electron chi connectivity index (χ2n) is 7.66. The monoisotopic (exact) mass is 483 g/mol. The summed E-state index contributed by atoms with van der Waals surface area (Å²) in [6.45, 7) is 4.15. The highest BCUT2D eigenvalue weighted by Crippen LogP contribution is 2.19. The zero-order valence-electron chi connectivity index (χ0n) is 17.9. The largest absolute Gasteiger partial charge is 0.340 e. The van der Waals surface area contributed by atoms with Crippen molar-refractivity contribution in [2.45, 2.75) is 30.1 Å². The molecule has 11 heteroatoms. The molecule has 0 radical (unpaired) electrons. The van der Waals surface area contributed by atoms with E-state index in [0.717, 1.165) is 17.7 Å². The molecule has 174 valence electrons. The van der Waals surface area contributed by atoms with Crippen LogP contribution in [0.3, 0.4) is 0 Å². The van der Waals surface area contributed by atoms with Gasteiger partial charge in [0.15, 0.2) is 0 Å². The first kappa shape index (κ1) is 24.3. The van der Waals surface area contributed by atoms with Crippen LogP contribution in [0.1, 0.15) is 17.5 Å². The molecular weight excluding hydrogens is 457 g/mol. The number of hydrogen-bond donors (Lipinski definition) is 1. The third-order valence-corrected chi connectivity index (χ3v) is 8.83. The fourth-order valence-electron chi connectivity index (χ4n) is 3.56. The number of nitrogens with one attached hydrogen (secondary N) is 1. The van der Waals surface area contributed by atoms with Crippen LogP contribution in [-0.2, 0) is 24.8 Å². The highest BCUT2D eigenvalue weighted by atomic mass is 32.2. The summed E-state index contributed by atoms with van der Waals surface area (Å²) in [5, 5.41) is 0. The van der Waals surface area contributed by atoms with E-state index >= 15 is 0 Å². The molecule has 0 atom stereocenters. The average Bonchev–Trinajstić information content (AvgIpc) is 2.73. The summed E-state index contributed by atoms with van der Waals surface area (Å²) in [6.07, 6.45) is -0.0329. The zero-order valence-corrected chi connectivity index (χ0v) is 19.5. The van der Waals surface area contributed by atoms with Crippen molar-refractivity contribution in [2.75, 3.05) is 32.7 Å². The lowest BCUT2D eigenvalue weighted by Crippen LogP contribution is -2.50. The Morgan fingerprint density at radius 1 is 0.969 bits per heavy atom. The highest BCUT2D eigenvalue weighted by molar-refractivity contribution is 7.89. The first-order chi connectivity index (χ1) is 15.0. The topological polar surface area (TPSA) is 104 Å². The molecule has 0 aromatic heterocycles. The van der Waals surface area contributed by atoms with Gasteiger partial charge in [-0.2, -0.15) is 4.31 Å². The van der Waals surface area contributed by atoms with Gasteiger partial charge in [-0.3, -0.25) is 4.79 Å². The van der Waals surface area contributed by atoms with Crippen molar-refractivity contribution in [1.82, 2.24) is 13.9 Å². The molecule has 1 fully saturated rings. The molecule has 2 aromatic rings. The Hall–Kier alpha value is -2.34. The van der Waals surface area contributed by atoms with Crippen molar-refractivity contribution in [2.24, 2.45) is 0 Å². The van der Waals surface area contributed by atoms with E-state index in [-0.39, 0.29) is 54.8 Å². The van der Waals surface area contributed by atoms with Gasteiger partial charge >= 0.3 is 0 Å². The van der Waals surface area contributed by atoms with Gasteiger partial charge in [0.1, 0.15) is 5.82 Å². The van der Waals surface area contributed by atoms with Crippen LogP contribution in [0, 0.1) is 19.7 Å². The van der Waals surface area contributed by atoms with Crippen molar-refractivity contribution in [3.8, 4) is 0 Å². The van der Waals surface area contributed by atoms with Crippen LogP contribution in [0.15, 0.2) is 52.3 Å². The van der Waals surface area contributed by atoms with E-state index in [0.29, 0.717) is 5.56 Å². The summed E-state index contributed by atoms with van der Waals surface area (Å²) in [5.41, 5.74) is 1.58. The minimum absolute atomic E-state index is 0.000479. The van der Waals surface area contributed by atoms with Gasteiger partial charge < -0.3 is 4.90 Å². The lowest BCUT2D eigenvalue weighted by Gasteiger charge is -2.34. The fraction of sp³-hybridized carbons (Fsp3) is 0.381. The van der Waals surface area contributed by atoms with Gasteiger partial charge in [-0.1, -0.05) is 17.7 Å². The summed E-state index contributed by atoms with van der Waals surface area (Å²) in [6, 6.07) is 9.63. The SMILES string of the molecule is Cc1ccc(S(=O)(=O)NCCC(=O)N2CCN(S(=O)(=O)c3ccc(F)cc3)CC2)c(C)c1. The minimum atomic E-state index is -3.77. The summed E-state index contributed by atoms with van der Waals surface area (Å²) >= 11 is 0.